The number of nitrogens with zero attached hydrogens (tertiary/aromatic N) is 2. The van der Waals surface area contributed by atoms with E-state index in [1.165, 1.54) is 0 Å². The van der Waals surface area contributed by atoms with Gasteiger partial charge in [0.25, 0.3) is 5.89 Å². The summed E-state index contributed by atoms with van der Waals surface area (Å²) in [6.45, 7) is 5.66. The molecular weight excluding hydrogens is 228 g/mol. The van der Waals surface area contributed by atoms with Gasteiger partial charge in [-0.25, -0.2) is 0 Å². The van der Waals surface area contributed by atoms with Gasteiger partial charge in [0.15, 0.2) is 5.82 Å². The van der Waals surface area contributed by atoms with E-state index in [9.17, 15) is 5.11 Å². The molecule has 92 valence electrons. The zero-order chi connectivity index (χ0) is 13.0. The quantitative estimate of drug-likeness (QED) is 0.837. The van der Waals surface area contributed by atoms with E-state index in [1.54, 1.807) is 30.3 Å². The van der Waals surface area contributed by atoms with E-state index in [-0.39, 0.29) is 5.75 Å². The first-order chi connectivity index (χ1) is 8.72. The highest BCUT2D eigenvalue weighted by atomic mass is 16.5. The molecule has 0 atom stereocenters. The average molecular weight is 242 g/mol. The van der Waals surface area contributed by atoms with Crippen LogP contribution in [0.1, 0.15) is 12.7 Å². The average Bonchev–Trinajstić information content (AvgIpc) is 2.85. The zero-order valence-corrected chi connectivity index (χ0v) is 10.1. The number of hydrogen-bond acceptors (Lipinski definition) is 4. The third kappa shape index (κ3) is 2.66. The molecule has 1 aromatic carbocycles. The molecule has 0 radical (unpaired) electrons. The van der Waals surface area contributed by atoms with Crippen LogP contribution in [0.25, 0.3) is 11.5 Å². The predicted molar refractivity (Wildman–Crippen MR) is 69.1 cm³/mol. The van der Waals surface area contributed by atoms with Gasteiger partial charge in [0.1, 0.15) is 5.75 Å². The second kappa shape index (κ2) is 5.31. The topological polar surface area (TPSA) is 59.2 Å². The maximum absolute atomic E-state index is 9.21. The minimum absolute atomic E-state index is 0.210. The number of hydrogen-bond donors (Lipinski definition) is 1. The molecule has 1 aromatic heterocycles. The molecule has 18 heavy (non-hydrogen) atoms. The Morgan fingerprint density at radius 2 is 2.11 bits per heavy atom. The monoisotopic (exact) mass is 242 g/mol. The number of aromatic nitrogens is 2. The smallest absolute Gasteiger partial charge is 0.257 e. The first kappa shape index (κ1) is 12.1. The Balaban J connectivity index is 2.20. The lowest BCUT2D eigenvalue weighted by atomic mass is 10.2. The molecule has 0 saturated carbocycles. The lowest BCUT2D eigenvalue weighted by molar-refractivity contribution is 0.423. The van der Waals surface area contributed by atoms with Gasteiger partial charge >= 0.3 is 0 Å². The summed E-state index contributed by atoms with van der Waals surface area (Å²) in [5, 5.41) is 13.1. The van der Waals surface area contributed by atoms with Crippen LogP contribution in [0.5, 0.6) is 5.75 Å². The molecule has 0 amide bonds. The molecule has 0 aliphatic rings. The van der Waals surface area contributed by atoms with Gasteiger partial charge in [-0.15, -0.1) is 0 Å². The molecule has 4 heteroatoms. The Hall–Kier alpha value is -2.36. The van der Waals surface area contributed by atoms with Crippen molar-refractivity contribution >= 4 is 0 Å². The normalized spacial score (nSPS) is 11.5. The van der Waals surface area contributed by atoms with Gasteiger partial charge < -0.3 is 9.63 Å². The molecule has 0 unspecified atom stereocenters. The second-order valence-electron chi connectivity index (χ2n) is 3.81. The molecule has 1 N–H and O–H groups in total. The van der Waals surface area contributed by atoms with Crippen molar-refractivity contribution in [3.05, 3.63) is 54.4 Å². The third-order valence-electron chi connectivity index (χ3n) is 2.58. The van der Waals surface area contributed by atoms with Crippen LogP contribution < -0.4 is 0 Å². The lowest BCUT2D eigenvalue weighted by Crippen LogP contribution is -1.90. The molecule has 0 aliphatic carbocycles. The van der Waals surface area contributed by atoms with Crippen molar-refractivity contribution in [2.45, 2.75) is 13.3 Å². The summed E-state index contributed by atoms with van der Waals surface area (Å²) in [7, 11) is 0. The van der Waals surface area contributed by atoms with Crippen molar-refractivity contribution in [2.24, 2.45) is 0 Å². The number of rotatable bonds is 4. The standard InChI is InChI=1S/C14H14N2O2/c1-3-10(4-2)9-13-15-14(18-16-13)11-5-7-12(17)8-6-11/h3-8,17H,1,9H2,2H3/b10-4+. The fourth-order valence-corrected chi connectivity index (χ4v) is 1.52. The van der Waals surface area contributed by atoms with E-state index in [1.807, 2.05) is 13.0 Å². The highest BCUT2D eigenvalue weighted by molar-refractivity contribution is 5.54. The van der Waals surface area contributed by atoms with E-state index >= 15 is 0 Å². The molecule has 0 fully saturated rings. The largest absolute Gasteiger partial charge is 0.508 e. The van der Waals surface area contributed by atoms with E-state index in [2.05, 4.69) is 16.7 Å². The molecule has 0 bridgehead atoms. The summed E-state index contributed by atoms with van der Waals surface area (Å²) in [4.78, 5) is 4.30. The molecule has 0 saturated heterocycles. The summed E-state index contributed by atoms with van der Waals surface area (Å²) in [5.41, 5.74) is 1.83. The summed E-state index contributed by atoms with van der Waals surface area (Å²) < 4.78 is 5.18. The van der Waals surface area contributed by atoms with Crippen LogP contribution in [0.4, 0.5) is 0 Å². The van der Waals surface area contributed by atoms with Gasteiger partial charge in [0.05, 0.1) is 0 Å². The summed E-state index contributed by atoms with van der Waals surface area (Å²) in [5.74, 6) is 1.27. The van der Waals surface area contributed by atoms with Crippen LogP contribution in [0, 0.1) is 0 Å². The van der Waals surface area contributed by atoms with E-state index < -0.39 is 0 Å². The Bertz CT molecular complexity index is 568. The summed E-state index contributed by atoms with van der Waals surface area (Å²) in [6, 6.07) is 6.63. The number of benzene rings is 1. The minimum Gasteiger partial charge on any atom is -0.508 e. The molecule has 2 aromatic rings. The van der Waals surface area contributed by atoms with Crippen molar-refractivity contribution in [1.82, 2.24) is 10.1 Å². The van der Waals surface area contributed by atoms with Crippen molar-refractivity contribution in [3.8, 4) is 17.2 Å². The SMILES string of the molecule is C=C/C(=C\C)Cc1noc(-c2ccc(O)cc2)n1. The second-order valence-corrected chi connectivity index (χ2v) is 3.81. The van der Waals surface area contributed by atoms with Crippen molar-refractivity contribution in [1.29, 1.82) is 0 Å². The first-order valence-electron chi connectivity index (χ1n) is 5.62. The first-order valence-corrected chi connectivity index (χ1v) is 5.62. The van der Waals surface area contributed by atoms with Gasteiger partial charge in [-0.05, 0) is 36.8 Å². The van der Waals surface area contributed by atoms with Crippen LogP contribution in [0.2, 0.25) is 0 Å². The highest BCUT2D eigenvalue weighted by Gasteiger charge is 2.09. The number of aromatic hydroxyl groups is 1. The van der Waals surface area contributed by atoms with Crippen molar-refractivity contribution < 1.29 is 9.63 Å². The number of phenolic OH excluding ortho intramolecular Hbond substituents is 1. The lowest BCUT2D eigenvalue weighted by Gasteiger charge is -1.94. The molecule has 0 aliphatic heterocycles. The van der Waals surface area contributed by atoms with Crippen LogP contribution in [0.15, 0.2) is 53.1 Å². The Labute approximate surface area is 105 Å². The fourth-order valence-electron chi connectivity index (χ4n) is 1.52. The Morgan fingerprint density at radius 3 is 2.72 bits per heavy atom. The minimum atomic E-state index is 0.210. The third-order valence-corrected chi connectivity index (χ3v) is 2.58. The van der Waals surface area contributed by atoms with E-state index in [0.717, 1.165) is 11.1 Å². The Morgan fingerprint density at radius 1 is 1.39 bits per heavy atom. The summed E-state index contributed by atoms with van der Waals surface area (Å²) >= 11 is 0. The molecule has 4 nitrogen and oxygen atoms in total. The molecule has 1 heterocycles. The maximum atomic E-state index is 9.21. The van der Waals surface area contributed by atoms with Crippen LogP contribution in [-0.2, 0) is 6.42 Å². The fraction of sp³-hybridized carbons (Fsp3) is 0.143. The van der Waals surface area contributed by atoms with Crippen LogP contribution in [-0.4, -0.2) is 15.2 Å². The van der Waals surface area contributed by atoms with E-state index in [4.69, 9.17) is 4.52 Å². The molecule has 0 spiro atoms. The van der Waals surface area contributed by atoms with Crippen LogP contribution >= 0.6 is 0 Å². The van der Waals surface area contributed by atoms with Crippen molar-refractivity contribution in [2.75, 3.05) is 0 Å². The summed E-state index contributed by atoms with van der Waals surface area (Å²) in [6.07, 6.45) is 4.34. The zero-order valence-electron chi connectivity index (χ0n) is 10.1. The van der Waals surface area contributed by atoms with Gasteiger partial charge in [-0.2, -0.15) is 4.98 Å². The van der Waals surface area contributed by atoms with Gasteiger partial charge in [-0.1, -0.05) is 23.9 Å². The molecular formula is C14H14N2O2. The maximum Gasteiger partial charge on any atom is 0.257 e. The number of phenols is 1. The van der Waals surface area contributed by atoms with Gasteiger partial charge in [0, 0.05) is 12.0 Å². The van der Waals surface area contributed by atoms with E-state index in [0.29, 0.717) is 18.1 Å². The highest BCUT2D eigenvalue weighted by Crippen LogP contribution is 2.20. The van der Waals surface area contributed by atoms with Gasteiger partial charge in [-0.3, -0.25) is 0 Å². The Kier molecular flexibility index (Phi) is 3.57. The number of allylic oxidation sites excluding steroid dienone is 3. The molecule has 2 rings (SSSR count). The van der Waals surface area contributed by atoms with Gasteiger partial charge in [0.2, 0.25) is 0 Å². The van der Waals surface area contributed by atoms with Crippen molar-refractivity contribution in [3.63, 3.8) is 0 Å². The van der Waals surface area contributed by atoms with Crippen LogP contribution in [0.3, 0.4) is 0 Å². The predicted octanol–water partition coefficient (Wildman–Crippen LogP) is 3.12.